The molecule has 1 fully saturated rings. The van der Waals surface area contributed by atoms with Gasteiger partial charge in [-0.3, -0.25) is 14.3 Å². The number of alkyl halides is 2. The van der Waals surface area contributed by atoms with Crippen LogP contribution in [0, 0.1) is 0 Å². The van der Waals surface area contributed by atoms with E-state index < -0.39 is 35.0 Å². The molecule has 1 aliphatic rings. The molecule has 0 atom stereocenters. The number of aliphatic hydroxyl groups excluding tert-OH is 1. The van der Waals surface area contributed by atoms with Gasteiger partial charge in [-0.2, -0.15) is 5.10 Å². The van der Waals surface area contributed by atoms with Crippen molar-refractivity contribution in [1.82, 2.24) is 14.8 Å². The van der Waals surface area contributed by atoms with Crippen LogP contribution in [0.2, 0.25) is 5.15 Å². The maximum absolute atomic E-state index is 13.3. The number of halogens is 3. The molecule has 26 heavy (non-hydrogen) atoms. The summed E-state index contributed by atoms with van der Waals surface area (Å²) < 4.78 is 27.9. The third-order valence-corrected chi connectivity index (χ3v) is 4.21. The standard InChI is InChI=1S/C17H14ClF2N3O3/c18-13-5-4-9(6-21-13)7-23-8-10(15(22-23)17(19)20)16(26)14-11(24)2-1-3-12(14)25/h4-6,8,17,26H,1-3,7H2. The number of carbonyl (C=O) groups is 2. The van der Waals surface area contributed by atoms with E-state index in [0.29, 0.717) is 17.1 Å². The molecule has 1 N–H and O–H groups in total. The minimum absolute atomic E-state index is 0.0970. The van der Waals surface area contributed by atoms with Crippen molar-refractivity contribution in [3.8, 4) is 0 Å². The molecule has 0 radical (unpaired) electrons. The second kappa shape index (κ2) is 7.33. The van der Waals surface area contributed by atoms with Crippen molar-refractivity contribution in [1.29, 1.82) is 0 Å². The Labute approximate surface area is 152 Å². The Hall–Kier alpha value is -2.61. The number of aromatic nitrogens is 3. The molecule has 2 aromatic heterocycles. The number of hydrogen-bond acceptors (Lipinski definition) is 5. The number of hydrogen-bond donors (Lipinski definition) is 1. The highest BCUT2D eigenvalue weighted by Crippen LogP contribution is 2.30. The van der Waals surface area contributed by atoms with E-state index in [4.69, 9.17) is 11.6 Å². The van der Waals surface area contributed by atoms with Crippen LogP contribution in [0.4, 0.5) is 8.78 Å². The molecule has 1 aliphatic carbocycles. The van der Waals surface area contributed by atoms with Gasteiger partial charge in [-0.15, -0.1) is 0 Å². The molecule has 0 amide bonds. The van der Waals surface area contributed by atoms with Crippen LogP contribution < -0.4 is 0 Å². The highest BCUT2D eigenvalue weighted by atomic mass is 35.5. The summed E-state index contributed by atoms with van der Waals surface area (Å²) in [6.07, 6.45) is 0.260. The molecule has 3 rings (SSSR count). The molecule has 0 unspecified atom stereocenters. The van der Waals surface area contributed by atoms with Crippen LogP contribution in [-0.4, -0.2) is 31.4 Å². The van der Waals surface area contributed by atoms with Gasteiger partial charge in [0.25, 0.3) is 6.43 Å². The Bertz CT molecular complexity index is 873. The first-order valence-corrected chi connectivity index (χ1v) is 8.20. The van der Waals surface area contributed by atoms with Crippen LogP contribution >= 0.6 is 11.6 Å². The van der Waals surface area contributed by atoms with Gasteiger partial charge in [-0.25, -0.2) is 13.8 Å². The highest BCUT2D eigenvalue weighted by Gasteiger charge is 2.31. The van der Waals surface area contributed by atoms with E-state index in [1.54, 1.807) is 12.1 Å². The van der Waals surface area contributed by atoms with Crippen molar-refractivity contribution in [2.24, 2.45) is 0 Å². The second-order valence-electron chi connectivity index (χ2n) is 5.84. The van der Waals surface area contributed by atoms with Crippen molar-refractivity contribution in [3.63, 3.8) is 0 Å². The van der Waals surface area contributed by atoms with Crippen molar-refractivity contribution < 1.29 is 23.5 Å². The Morgan fingerprint density at radius 3 is 2.54 bits per heavy atom. The highest BCUT2D eigenvalue weighted by molar-refractivity contribution is 6.29. The zero-order chi connectivity index (χ0) is 18.8. The maximum Gasteiger partial charge on any atom is 0.282 e. The summed E-state index contributed by atoms with van der Waals surface area (Å²) in [4.78, 5) is 27.8. The number of ketones is 2. The van der Waals surface area contributed by atoms with Crippen molar-refractivity contribution in [2.45, 2.75) is 32.2 Å². The summed E-state index contributed by atoms with van der Waals surface area (Å²) in [6.45, 7) is 0.106. The van der Waals surface area contributed by atoms with Gasteiger partial charge in [0.05, 0.1) is 12.1 Å². The van der Waals surface area contributed by atoms with Gasteiger partial charge in [0, 0.05) is 25.2 Å². The lowest BCUT2D eigenvalue weighted by atomic mass is 9.90. The van der Waals surface area contributed by atoms with E-state index >= 15 is 0 Å². The summed E-state index contributed by atoms with van der Waals surface area (Å²) in [7, 11) is 0. The van der Waals surface area contributed by atoms with Gasteiger partial charge in [-0.05, 0) is 18.1 Å². The molecule has 0 aromatic carbocycles. The zero-order valence-electron chi connectivity index (χ0n) is 13.5. The second-order valence-corrected chi connectivity index (χ2v) is 6.23. The van der Waals surface area contributed by atoms with E-state index in [0.717, 1.165) is 0 Å². The summed E-state index contributed by atoms with van der Waals surface area (Å²) in [5, 5.41) is 14.4. The van der Waals surface area contributed by atoms with Crippen LogP contribution in [0.3, 0.4) is 0 Å². The molecule has 136 valence electrons. The average molecular weight is 382 g/mol. The largest absolute Gasteiger partial charge is 0.506 e. The number of carbonyl (C=O) groups excluding carboxylic acids is 2. The first kappa shape index (κ1) is 18.2. The number of pyridine rings is 1. The van der Waals surface area contributed by atoms with Crippen molar-refractivity contribution in [2.75, 3.05) is 0 Å². The summed E-state index contributed by atoms with van der Waals surface area (Å²) in [5.41, 5.74) is -0.782. The van der Waals surface area contributed by atoms with Crippen LogP contribution in [0.5, 0.6) is 0 Å². The Balaban J connectivity index is 2.01. The number of allylic oxidation sites excluding steroid dienone is 1. The normalized spacial score (nSPS) is 15.0. The molecule has 2 heterocycles. The fourth-order valence-corrected chi connectivity index (χ4v) is 2.87. The SMILES string of the molecule is O=C1CCCC(=O)C1=C(O)c1cn(Cc2ccc(Cl)nc2)nc1C(F)F. The van der Waals surface area contributed by atoms with E-state index in [9.17, 15) is 23.5 Å². The molecule has 6 nitrogen and oxygen atoms in total. The Kier molecular flexibility index (Phi) is 5.13. The van der Waals surface area contributed by atoms with E-state index in [-0.39, 0.29) is 24.9 Å². The molecular formula is C17H14ClF2N3O3. The van der Waals surface area contributed by atoms with Gasteiger partial charge < -0.3 is 5.11 Å². The van der Waals surface area contributed by atoms with E-state index in [1.807, 2.05) is 0 Å². The molecule has 0 spiro atoms. The third-order valence-electron chi connectivity index (χ3n) is 3.99. The minimum atomic E-state index is -2.98. The topological polar surface area (TPSA) is 85.1 Å². The molecular weight excluding hydrogens is 368 g/mol. The number of nitrogens with zero attached hydrogens (tertiary/aromatic N) is 3. The zero-order valence-corrected chi connectivity index (χ0v) is 14.2. The summed E-state index contributed by atoms with van der Waals surface area (Å²) >= 11 is 5.70. The lowest BCUT2D eigenvalue weighted by Gasteiger charge is -2.13. The minimum Gasteiger partial charge on any atom is -0.506 e. The summed E-state index contributed by atoms with van der Waals surface area (Å²) in [6, 6.07) is 3.21. The van der Waals surface area contributed by atoms with Gasteiger partial charge >= 0.3 is 0 Å². The van der Waals surface area contributed by atoms with Crippen molar-refractivity contribution >= 4 is 28.9 Å². The van der Waals surface area contributed by atoms with Gasteiger partial charge in [-0.1, -0.05) is 17.7 Å². The van der Waals surface area contributed by atoms with Crippen LogP contribution in [-0.2, 0) is 16.1 Å². The van der Waals surface area contributed by atoms with E-state index in [2.05, 4.69) is 10.1 Å². The predicted molar refractivity (Wildman–Crippen MR) is 88.9 cm³/mol. The van der Waals surface area contributed by atoms with Crippen LogP contribution in [0.1, 0.15) is 42.5 Å². The first-order valence-electron chi connectivity index (χ1n) is 7.82. The molecule has 0 bridgehead atoms. The van der Waals surface area contributed by atoms with Crippen LogP contribution in [0.15, 0.2) is 30.1 Å². The molecule has 2 aromatic rings. The smallest absolute Gasteiger partial charge is 0.282 e. The molecule has 0 saturated heterocycles. The summed E-state index contributed by atoms with van der Waals surface area (Å²) in [5.74, 6) is -1.84. The average Bonchev–Trinajstić information content (AvgIpc) is 3.01. The molecule has 0 aliphatic heterocycles. The monoisotopic (exact) mass is 381 g/mol. The van der Waals surface area contributed by atoms with Gasteiger partial charge in [0.1, 0.15) is 22.2 Å². The number of aliphatic hydroxyl groups is 1. The first-order chi connectivity index (χ1) is 12.4. The van der Waals surface area contributed by atoms with Gasteiger partial charge in [0.2, 0.25) is 0 Å². The predicted octanol–water partition coefficient (Wildman–Crippen LogP) is 3.51. The fraction of sp³-hybridized carbons (Fsp3) is 0.294. The Morgan fingerprint density at radius 1 is 1.27 bits per heavy atom. The van der Waals surface area contributed by atoms with Crippen molar-refractivity contribution in [3.05, 3.63) is 52.1 Å². The quantitative estimate of drug-likeness (QED) is 0.379. The van der Waals surface area contributed by atoms with Gasteiger partial charge in [0.15, 0.2) is 11.6 Å². The maximum atomic E-state index is 13.3. The molecule has 9 heteroatoms. The number of Topliss-reactive ketones (excluding diaryl/α,β-unsaturated/α-hetero) is 2. The lowest BCUT2D eigenvalue weighted by molar-refractivity contribution is -0.123. The fourth-order valence-electron chi connectivity index (χ4n) is 2.76. The Morgan fingerprint density at radius 2 is 1.96 bits per heavy atom. The lowest BCUT2D eigenvalue weighted by Crippen LogP contribution is -2.20. The van der Waals surface area contributed by atoms with E-state index in [1.165, 1.54) is 17.1 Å². The van der Waals surface area contributed by atoms with Crippen LogP contribution in [0.25, 0.3) is 5.76 Å². The third kappa shape index (κ3) is 3.65. The number of rotatable bonds is 4. The molecule has 1 saturated carbocycles.